The maximum Gasteiger partial charge on any atom is 0.312 e. The van der Waals surface area contributed by atoms with Crippen LogP contribution in [0, 0.1) is 11.7 Å². The average Bonchev–Trinajstić information content (AvgIpc) is 3.71. The van der Waals surface area contributed by atoms with Gasteiger partial charge in [0, 0.05) is 53.9 Å². The van der Waals surface area contributed by atoms with Crippen molar-refractivity contribution in [2.45, 2.75) is 32.0 Å². The van der Waals surface area contributed by atoms with Gasteiger partial charge in [-0.2, -0.15) is 0 Å². The van der Waals surface area contributed by atoms with Crippen molar-refractivity contribution in [2.24, 2.45) is 5.92 Å². The minimum Gasteiger partial charge on any atom is -0.501 e. The highest BCUT2D eigenvalue weighted by Gasteiger charge is 2.37. The SMILES string of the molecule is CN(C)C(=O)C(=O)N(C)C1CN(CC2CC2)CCn2c1nc(C(=O)NCc1ccc(F)cc1)c(O)c2=O. The molecule has 2 heterocycles. The Kier molecular flexibility index (Phi) is 7.58. The minimum absolute atomic E-state index is 0.0208. The summed E-state index contributed by atoms with van der Waals surface area (Å²) in [4.78, 5) is 60.4. The van der Waals surface area contributed by atoms with Crippen molar-refractivity contribution < 1.29 is 23.9 Å². The number of halogens is 1. The lowest BCUT2D eigenvalue weighted by atomic mass is 10.2. The summed E-state index contributed by atoms with van der Waals surface area (Å²) in [6.45, 7) is 1.81. The van der Waals surface area contributed by atoms with Crippen LogP contribution in [0.15, 0.2) is 29.1 Å². The quantitative estimate of drug-likeness (QED) is 0.532. The number of amides is 3. The summed E-state index contributed by atoms with van der Waals surface area (Å²) in [6, 6.07) is 4.70. The molecule has 2 aliphatic rings. The molecule has 0 spiro atoms. The van der Waals surface area contributed by atoms with E-state index in [1.165, 1.54) is 59.8 Å². The maximum absolute atomic E-state index is 13.2. The molecule has 11 nitrogen and oxygen atoms in total. The van der Waals surface area contributed by atoms with Crippen molar-refractivity contribution in [1.82, 2.24) is 29.6 Å². The van der Waals surface area contributed by atoms with E-state index in [4.69, 9.17) is 0 Å². The van der Waals surface area contributed by atoms with Gasteiger partial charge in [-0.25, -0.2) is 9.37 Å². The molecule has 2 aromatic rings. The predicted molar refractivity (Wildman–Crippen MR) is 131 cm³/mol. The Hall–Kier alpha value is -3.80. The van der Waals surface area contributed by atoms with Gasteiger partial charge >= 0.3 is 11.8 Å². The number of likely N-dealkylation sites (N-methyl/N-ethyl adjacent to an activating group) is 2. The summed E-state index contributed by atoms with van der Waals surface area (Å²) in [7, 11) is 4.41. The van der Waals surface area contributed by atoms with Crippen LogP contribution in [-0.4, -0.2) is 87.9 Å². The van der Waals surface area contributed by atoms with Gasteiger partial charge in [-0.15, -0.1) is 0 Å². The minimum atomic E-state index is -0.811. The third-order valence-electron chi connectivity index (χ3n) is 6.72. The number of nitrogens with zero attached hydrogens (tertiary/aromatic N) is 5. The first-order chi connectivity index (χ1) is 17.6. The van der Waals surface area contributed by atoms with Crippen LogP contribution >= 0.6 is 0 Å². The van der Waals surface area contributed by atoms with Crippen LogP contribution in [-0.2, 0) is 22.7 Å². The van der Waals surface area contributed by atoms with Crippen LogP contribution in [0.5, 0.6) is 5.75 Å². The van der Waals surface area contributed by atoms with Gasteiger partial charge in [0.2, 0.25) is 5.75 Å². The number of nitrogens with one attached hydrogen (secondary N) is 1. The first-order valence-electron chi connectivity index (χ1n) is 12.1. The van der Waals surface area contributed by atoms with E-state index in [1.54, 1.807) is 0 Å². The van der Waals surface area contributed by atoms with Crippen LogP contribution in [0.2, 0.25) is 0 Å². The highest BCUT2D eigenvalue weighted by atomic mass is 19.1. The fourth-order valence-electron chi connectivity index (χ4n) is 4.33. The first kappa shape index (κ1) is 26.3. The van der Waals surface area contributed by atoms with Crippen molar-refractivity contribution in [3.05, 3.63) is 57.5 Å². The molecule has 1 fully saturated rings. The number of rotatable bonds is 6. The third kappa shape index (κ3) is 5.79. The van der Waals surface area contributed by atoms with Crippen LogP contribution < -0.4 is 10.9 Å². The Bertz CT molecular complexity index is 1260. The number of hydrogen-bond acceptors (Lipinski definition) is 7. The van der Waals surface area contributed by atoms with Gasteiger partial charge in [0.05, 0.1) is 0 Å². The molecule has 2 N–H and O–H groups in total. The number of carbonyl (C=O) groups is 3. The molecule has 1 aromatic carbocycles. The third-order valence-corrected chi connectivity index (χ3v) is 6.72. The average molecular weight is 515 g/mol. The molecule has 37 heavy (non-hydrogen) atoms. The largest absolute Gasteiger partial charge is 0.501 e. The zero-order valence-corrected chi connectivity index (χ0v) is 21.1. The molecule has 1 saturated carbocycles. The second kappa shape index (κ2) is 10.7. The van der Waals surface area contributed by atoms with Gasteiger partial charge in [-0.1, -0.05) is 12.1 Å². The zero-order chi connectivity index (χ0) is 26.9. The molecule has 198 valence electrons. The number of carbonyl (C=O) groups excluding carboxylic acids is 3. The van der Waals surface area contributed by atoms with Gasteiger partial charge in [-0.3, -0.25) is 28.6 Å². The van der Waals surface area contributed by atoms with E-state index >= 15 is 0 Å². The smallest absolute Gasteiger partial charge is 0.312 e. The van der Waals surface area contributed by atoms with Crippen LogP contribution in [0.25, 0.3) is 0 Å². The number of aromatic nitrogens is 2. The second-order valence-corrected chi connectivity index (χ2v) is 9.77. The van der Waals surface area contributed by atoms with Gasteiger partial charge in [-0.05, 0) is 36.5 Å². The fraction of sp³-hybridized carbons (Fsp3) is 0.480. The summed E-state index contributed by atoms with van der Waals surface area (Å²) in [6.07, 6.45) is 2.22. The Morgan fingerprint density at radius 2 is 1.78 bits per heavy atom. The van der Waals surface area contributed by atoms with E-state index in [2.05, 4.69) is 15.2 Å². The van der Waals surface area contributed by atoms with Crippen LogP contribution in [0.1, 0.15) is 40.8 Å². The standard InChI is InChI=1S/C25H31FN6O5/c1-29(2)24(36)25(37)30(3)18-14-31(13-16-4-5-16)10-11-32-21(18)28-19(20(33)23(32)35)22(34)27-12-15-6-8-17(26)9-7-15/h6-9,16,18,33H,4-5,10-14H2,1-3H3,(H,27,34). The number of benzene rings is 1. The second-order valence-electron chi connectivity index (χ2n) is 9.77. The molecule has 3 amide bonds. The Morgan fingerprint density at radius 1 is 1.11 bits per heavy atom. The van der Waals surface area contributed by atoms with Gasteiger partial charge in [0.1, 0.15) is 17.7 Å². The molecule has 1 atom stereocenters. The maximum atomic E-state index is 13.2. The van der Waals surface area contributed by atoms with E-state index in [0.717, 1.165) is 19.4 Å². The molecule has 4 rings (SSSR count). The summed E-state index contributed by atoms with van der Waals surface area (Å²) in [5.74, 6) is -2.86. The number of aromatic hydroxyl groups is 1. The topological polar surface area (TPSA) is 128 Å². The van der Waals surface area contributed by atoms with Crippen molar-refractivity contribution >= 4 is 17.7 Å². The highest BCUT2D eigenvalue weighted by molar-refractivity contribution is 6.34. The molecular formula is C25H31FN6O5. The molecule has 0 saturated heterocycles. The van der Waals surface area contributed by atoms with Crippen molar-refractivity contribution in [3.63, 3.8) is 0 Å². The zero-order valence-electron chi connectivity index (χ0n) is 21.1. The lowest BCUT2D eigenvalue weighted by Gasteiger charge is -2.31. The first-order valence-corrected chi connectivity index (χ1v) is 12.1. The van der Waals surface area contributed by atoms with Crippen molar-refractivity contribution in [3.8, 4) is 5.75 Å². The van der Waals surface area contributed by atoms with Crippen molar-refractivity contribution in [2.75, 3.05) is 40.8 Å². The summed E-state index contributed by atoms with van der Waals surface area (Å²) < 4.78 is 14.4. The normalized spacial score (nSPS) is 17.5. The van der Waals surface area contributed by atoms with Crippen molar-refractivity contribution in [1.29, 1.82) is 0 Å². The summed E-state index contributed by atoms with van der Waals surface area (Å²) in [5, 5.41) is 13.2. The highest BCUT2D eigenvalue weighted by Crippen LogP contribution is 2.32. The van der Waals surface area contributed by atoms with Gasteiger partial charge in [0.25, 0.3) is 11.5 Å². The molecule has 12 heteroatoms. The molecule has 1 aromatic heterocycles. The molecule has 1 aliphatic carbocycles. The van der Waals surface area contributed by atoms with E-state index in [-0.39, 0.29) is 18.9 Å². The summed E-state index contributed by atoms with van der Waals surface area (Å²) >= 11 is 0. The fourth-order valence-corrected chi connectivity index (χ4v) is 4.33. The van der Waals surface area contributed by atoms with Crippen LogP contribution in [0.4, 0.5) is 4.39 Å². The van der Waals surface area contributed by atoms with Gasteiger partial charge < -0.3 is 20.2 Å². The molecule has 1 aliphatic heterocycles. The van der Waals surface area contributed by atoms with Crippen LogP contribution in [0.3, 0.4) is 0 Å². The lowest BCUT2D eigenvalue weighted by Crippen LogP contribution is -2.46. The molecule has 0 radical (unpaired) electrons. The summed E-state index contributed by atoms with van der Waals surface area (Å²) in [5.41, 5.74) is -0.657. The van der Waals surface area contributed by atoms with E-state index in [1.807, 2.05) is 0 Å². The predicted octanol–water partition coefficient (Wildman–Crippen LogP) is 0.331. The molecule has 1 unspecified atom stereocenters. The monoisotopic (exact) mass is 514 g/mol. The number of fused-ring (bicyclic) bond motifs is 1. The Balaban J connectivity index is 1.68. The van der Waals surface area contributed by atoms with Gasteiger partial charge in [0.15, 0.2) is 5.69 Å². The molecule has 0 bridgehead atoms. The Labute approximate surface area is 213 Å². The lowest BCUT2D eigenvalue weighted by molar-refractivity contribution is -0.151. The van der Waals surface area contributed by atoms with E-state index < -0.39 is 46.6 Å². The van der Waals surface area contributed by atoms with E-state index in [0.29, 0.717) is 24.6 Å². The number of hydrogen-bond donors (Lipinski definition) is 2. The Morgan fingerprint density at radius 3 is 2.41 bits per heavy atom. The van der Waals surface area contributed by atoms with E-state index in [9.17, 15) is 28.7 Å². The molecular weight excluding hydrogens is 483 g/mol.